The molecule has 1 aromatic rings. The van der Waals surface area contributed by atoms with E-state index in [1.807, 2.05) is 0 Å². The van der Waals surface area contributed by atoms with E-state index in [-0.39, 0.29) is 24.0 Å². The fourth-order valence-electron chi connectivity index (χ4n) is 3.36. The molecule has 132 valence electrons. The maximum atomic E-state index is 4.77. The van der Waals surface area contributed by atoms with Crippen molar-refractivity contribution in [2.75, 3.05) is 25.0 Å². The molecule has 1 aliphatic heterocycles. The van der Waals surface area contributed by atoms with E-state index in [1.54, 1.807) is 0 Å². The average molecular weight is 440 g/mol. The van der Waals surface area contributed by atoms with Crippen LogP contribution in [0, 0.1) is 0 Å². The molecule has 1 aromatic carbocycles. The van der Waals surface area contributed by atoms with Gasteiger partial charge in [-0.2, -0.15) is 0 Å². The molecular formula is C19H29IN4. The molecule has 0 aromatic heterocycles. The predicted octanol–water partition coefficient (Wildman–Crippen LogP) is 3.46. The van der Waals surface area contributed by atoms with Crippen molar-refractivity contribution in [3.63, 3.8) is 0 Å². The summed E-state index contributed by atoms with van der Waals surface area (Å²) in [5.41, 5.74) is 4.14. The molecule has 2 aliphatic rings. The topological polar surface area (TPSA) is 39.7 Å². The summed E-state index contributed by atoms with van der Waals surface area (Å²) in [6.45, 7) is 4.89. The van der Waals surface area contributed by atoms with Gasteiger partial charge in [-0.3, -0.25) is 0 Å². The average Bonchev–Trinajstić information content (AvgIpc) is 3.06. The van der Waals surface area contributed by atoms with Gasteiger partial charge in [0.05, 0.1) is 6.54 Å². The molecule has 0 unspecified atom stereocenters. The Labute approximate surface area is 162 Å². The zero-order chi connectivity index (χ0) is 16.1. The van der Waals surface area contributed by atoms with Crippen LogP contribution in [0.25, 0.3) is 0 Å². The van der Waals surface area contributed by atoms with Crippen molar-refractivity contribution in [1.82, 2.24) is 10.6 Å². The van der Waals surface area contributed by atoms with E-state index in [0.717, 1.165) is 38.4 Å². The lowest BCUT2D eigenvalue weighted by atomic mass is 10.00. The second-order valence-electron chi connectivity index (χ2n) is 6.47. The van der Waals surface area contributed by atoms with Gasteiger partial charge >= 0.3 is 0 Å². The second-order valence-corrected chi connectivity index (χ2v) is 6.47. The van der Waals surface area contributed by atoms with E-state index in [2.05, 4.69) is 59.9 Å². The van der Waals surface area contributed by atoms with E-state index in [4.69, 9.17) is 4.99 Å². The highest BCUT2D eigenvalue weighted by Crippen LogP contribution is 2.26. The van der Waals surface area contributed by atoms with E-state index < -0.39 is 0 Å². The van der Waals surface area contributed by atoms with Crippen LogP contribution in [0.1, 0.15) is 37.3 Å². The Balaban J connectivity index is 0.00000208. The summed E-state index contributed by atoms with van der Waals surface area (Å²) in [7, 11) is 2.18. The van der Waals surface area contributed by atoms with Crippen molar-refractivity contribution in [2.24, 2.45) is 4.99 Å². The summed E-state index contributed by atoms with van der Waals surface area (Å²) in [5.74, 6) is 0.927. The van der Waals surface area contributed by atoms with E-state index in [1.165, 1.54) is 29.7 Å². The van der Waals surface area contributed by atoms with E-state index in [9.17, 15) is 0 Å². The molecule has 1 heterocycles. The first-order valence-electron chi connectivity index (χ1n) is 8.79. The second kappa shape index (κ2) is 9.30. The Morgan fingerprint density at radius 3 is 2.83 bits per heavy atom. The first kappa shape index (κ1) is 19.1. The first-order valence-corrected chi connectivity index (χ1v) is 8.79. The molecular weight excluding hydrogens is 411 g/mol. The number of nitrogens with zero attached hydrogens (tertiary/aromatic N) is 2. The molecule has 0 atom stereocenters. The summed E-state index contributed by atoms with van der Waals surface area (Å²) in [4.78, 5) is 7.12. The van der Waals surface area contributed by atoms with Crippen LogP contribution < -0.4 is 15.5 Å². The molecule has 2 N–H and O–H groups in total. The number of nitrogens with one attached hydrogen (secondary N) is 2. The smallest absolute Gasteiger partial charge is 0.191 e. The summed E-state index contributed by atoms with van der Waals surface area (Å²) in [5, 5.41) is 6.88. The molecule has 0 saturated carbocycles. The number of fused-ring (bicyclic) bond motifs is 1. The first-order chi connectivity index (χ1) is 11.3. The van der Waals surface area contributed by atoms with Crippen LogP contribution in [0.5, 0.6) is 0 Å². The fraction of sp³-hybridized carbons (Fsp3) is 0.526. The molecule has 0 saturated heterocycles. The van der Waals surface area contributed by atoms with Crippen molar-refractivity contribution < 1.29 is 0 Å². The zero-order valence-electron chi connectivity index (χ0n) is 14.7. The van der Waals surface area contributed by atoms with Gasteiger partial charge in [0, 0.05) is 31.9 Å². The van der Waals surface area contributed by atoms with Crippen LogP contribution in [0.4, 0.5) is 5.69 Å². The largest absolute Gasteiger partial charge is 0.374 e. The number of halogens is 1. The van der Waals surface area contributed by atoms with Crippen LogP contribution in [0.15, 0.2) is 35.3 Å². The normalized spacial score (nSPS) is 17.4. The zero-order valence-corrected chi connectivity index (χ0v) is 17.0. The van der Waals surface area contributed by atoms with Gasteiger partial charge in [0.2, 0.25) is 0 Å². The third kappa shape index (κ3) is 4.88. The van der Waals surface area contributed by atoms with Crippen LogP contribution in [-0.2, 0) is 13.0 Å². The van der Waals surface area contributed by atoms with Gasteiger partial charge in [0.15, 0.2) is 5.96 Å². The molecule has 1 aliphatic carbocycles. The Kier molecular flexibility index (Phi) is 7.40. The lowest BCUT2D eigenvalue weighted by Crippen LogP contribution is -2.42. The fourth-order valence-corrected chi connectivity index (χ4v) is 3.36. The van der Waals surface area contributed by atoms with Crippen LogP contribution in [0.2, 0.25) is 0 Å². The number of rotatable bonds is 4. The van der Waals surface area contributed by atoms with Crippen molar-refractivity contribution >= 4 is 35.6 Å². The van der Waals surface area contributed by atoms with Crippen molar-refractivity contribution in [1.29, 1.82) is 0 Å². The highest BCUT2D eigenvalue weighted by atomic mass is 127. The number of aryl methyl sites for hydroxylation is 1. The quantitative estimate of drug-likeness (QED) is 0.326. The summed E-state index contributed by atoms with van der Waals surface area (Å²) in [6, 6.07) is 7.28. The van der Waals surface area contributed by atoms with Crippen LogP contribution >= 0.6 is 24.0 Å². The maximum Gasteiger partial charge on any atom is 0.191 e. The van der Waals surface area contributed by atoms with Gasteiger partial charge in [0.1, 0.15) is 0 Å². The SMILES string of the molecule is CCNC(=NCc1ccc2c(c1)CCCN2C)NC1CC=CC1.I. The number of anilines is 1. The van der Waals surface area contributed by atoms with Crippen molar-refractivity contribution in [3.8, 4) is 0 Å². The van der Waals surface area contributed by atoms with Gasteiger partial charge in [-0.15, -0.1) is 24.0 Å². The minimum absolute atomic E-state index is 0. The number of hydrogen-bond acceptors (Lipinski definition) is 2. The van der Waals surface area contributed by atoms with E-state index in [0.29, 0.717) is 6.04 Å². The maximum absolute atomic E-state index is 4.77. The lowest BCUT2D eigenvalue weighted by Gasteiger charge is -2.27. The third-order valence-electron chi connectivity index (χ3n) is 4.61. The van der Waals surface area contributed by atoms with Crippen molar-refractivity contribution in [2.45, 2.75) is 45.2 Å². The minimum atomic E-state index is 0. The van der Waals surface area contributed by atoms with Gasteiger partial charge in [0.25, 0.3) is 0 Å². The number of benzene rings is 1. The van der Waals surface area contributed by atoms with Gasteiger partial charge < -0.3 is 15.5 Å². The van der Waals surface area contributed by atoms with Gasteiger partial charge in [-0.25, -0.2) is 4.99 Å². The molecule has 0 spiro atoms. The molecule has 0 amide bonds. The number of aliphatic imine (C=N–C) groups is 1. The van der Waals surface area contributed by atoms with Gasteiger partial charge in [-0.1, -0.05) is 24.3 Å². The summed E-state index contributed by atoms with van der Waals surface area (Å²) in [6.07, 6.45) is 9.09. The standard InChI is InChI=1S/C19H28N4.HI/c1-3-20-19(22-17-8-4-5-9-17)21-14-15-10-11-18-16(13-15)7-6-12-23(18)2;/h4-5,10-11,13,17H,3,6-9,12,14H2,1-2H3,(H2,20,21,22);1H. The van der Waals surface area contributed by atoms with Crippen LogP contribution in [-0.4, -0.2) is 32.1 Å². The number of hydrogen-bond donors (Lipinski definition) is 2. The minimum Gasteiger partial charge on any atom is -0.374 e. The number of guanidine groups is 1. The molecule has 4 nitrogen and oxygen atoms in total. The Bertz CT molecular complexity index is 589. The third-order valence-corrected chi connectivity index (χ3v) is 4.61. The Morgan fingerprint density at radius 2 is 2.08 bits per heavy atom. The molecule has 5 heteroatoms. The van der Waals surface area contributed by atoms with E-state index >= 15 is 0 Å². The molecule has 0 bridgehead atoms. The molecule has 3 rings (SSSR count). The highest BCUT2D eigenvalue weighted by Gasteiger charge is 2.14. The van der Waals surface area contributed by atoms with Crippen LogP contribution in [0.3, 0.4) is 0 Å². The molecule has 0 fully saturated rings. The van der Waals surface area contributed by atoms with Crippen molar-refractivity contribution in [3.05, 3.63) is 41.5 Å². The highest BCUT2D eigenvalue weighted by molar-refractivity contribution is 14.0. The molecule has 24 heavy (non-hydrogen) atoms. The molecule has 0 radical (unpaired) electrons. The Hall–Kier alpha value is -1.24. The van der Waals surface area contributed by atoms with Gasteiger partial charge in [-0.05, 0) is 49.8 Å². The summed E-state index contributed by atoms with van der Waals surface area (Å²) >= 11 is 0. The monoisotopic (exact) mass is 440 g/mol. The Morgan fingerprint density at radius 1 is 1.29 bits per heavy atom. The lowest BCUT2D eigenvalue weighted by molar-refractivity contribution is 0.633. The predicted molar refractivity (Wildman–Crippen MR) is 114 cm³/mol. The summed E-state index contributed by atoms with van der Waals surface area (Å²) < 4.78 is 0.